The molecule has 18 heavy (non-hydrogen) atoms. The van der Waals surface area contributed by atoms with Gasteiger partial charge in [0.05, 0.1) is 6.04 Å². The molecule has 0 amide bonds. The Kier molecular flexibility index (Phi) is 5.40. The van der Waals surface area contributed by atoms with Crippen LogP contribution in [0.15, 0.2) is 4.99 Å². The monoisotopic (exact) mass is 268 g/mol. The SMILES string of the molecule is CCC1CCCCC1NC1=NC(C(C)C)CCS1. The van der Waals surface area contributed by atoms with E-state index in [9.17, 15) is 0 Å². The van der Waals surface area contributed by atoms with Crippen LogP contribution in [-0.2, 0) is 0 Å². The molecular weight excluding hydrogens is 240 g/mol. The Labute approximate surface area is 116 Å². The van der Waals surface area contributed by atoms with E-state index in [0.29, 0.717) is 18.0 Å². The lowest BCUT2D eigenvalue weighted by Crippen LogP contribution is -2.42. The Morgan fingerprint density at radius 1 is 1.28 bits per heavy atom. The van der Waals surface area contributed by atoms with Crippen LogP contribution in [-0.4, -0.2) is 23.0 Å². The number of thioether (sulfide) groups is 1. The highest BCUT2D eigenvalue weighted by molar-refractivity contribution is 8.13. The first kappa shape index (κ1) is 14.2. The molecule has 1 aliphatic heterocycles. The summed E-state index contributed by atoms with van der Waals surface area (Å²) < 4.78 is 0. The standard InChI is InChI=1S/C15H28N2S/c1-4-12-7-5-6-8-14(12)17-15-16-13(11(2)3)9-10-18-15/h11-14H,4-10H2,1-3H3,(H,16,17). The van der Waals surface area contributed by atoms with Gasteiger partial charge < -0.3 is 5.32 Å². The molecule has 0 spiro atoms. The number of rotatable bonds is 3. The summed E-state index contributed by atoms with van der Waals surface area (Å²) in [5, 5.41) is 4.98. The summed E-state index contributed by atoms with van der Waals surface area (Å²) in [6.45, 7) is 6.91. The quantitative estimate of drug-likeness (QED) is 0.834. The summed E-state index contributed by atoms with van der Waals surface area (Å²) in [5.41, 5.74) is 0. The molecule has 0 aromatic rings. The molecule has 1 N–H and O–H groups in total. The zero-order valence-electron chi connectivity index (χ0n) is 12.1. The fourth-order valence-corrected chi connectivity index (χ4v) is 4.13. The van der Waals surface area contributed by atoms with Gasteiger partial charge in [0.25, 0.3) is 0 Å². The van der Waals surface area contributed by atoms with Crippen LogP contribution in [0.1, 0.15) is 59.3 Å². The molecule has 104 valence electrons. The average molecular weight is 268 g/mol. The summed E-state index contributed by atoms with van der Waals surface area (Å²) in [4.78, 5) is 4.91. The smallest absolute Gasteiger partial charge is 0.157 e. The average Bonchev–Trinajstić information content (AvgIpc) is 2.39. The molecule has 0 aromatic heterocycles. The van der Waals surface area contributed by atoms with Crippen molar-refractivity contribution in [3.8, 4) is 0 Å². The van der Waals surface area contributed by atoms with E-state index < -0.39 is 0 Å². The van der Waals surface area contributed by atoms with E-state index >= 15 is 0 Å². The van der Waals surface area contributed by atoms with E-state index in [1.165, 1.54) is 49.4 Å². The van der Waals surface area contributed by atoms with Crippen LogP contribution in [0.2, 0.25) is 0 Å². The summed E-state index contributed by atoms with van der Waals surface area (Å²) in [5.74, 6) is 2.77. The molecule has 0 radical (unpaired) electrons. The first-order chi connectivity index (χ1) is 8.70. The largest absolute Gasteiger partial charge is 0.362 e. The number of amidine groups is 1. The van der Waals surface area contributed by atoms with Gasteiger partial charge >= 0.3 is 0 Å². The Balaban J connectivity index is 1.94. The minimum absolute atomic E-state index is 0.539. The minimum atomic E-state index is 0.539. The van der Waals surface area contributed by atoms with Crippen LogP contribution in [0, 0.1) is 11.8 Å². The van der Waals surface area contributed by atoms with Gasteiger partial charge in [-0.3, -0.25) is 4.99 Å². The van der Waals surface area contributed by atoms with E-state index in [0.717, 1.165) is 5.92 Å². The number of nitrogens with one attached hydrogen (secondary N) is 1. The Morgan fingerprint density at radius 3 is 2.78 bits per heavy atom. The van der Waals surface area contributed by atoms with Crippen molar-refractivity contribution < 1.29 is 0 Å². The predicted octanol–water partition coefficient (Wildman–Crippen LogP) is 4.06. The van der Waals surface area contributed by atoms with Gasteiger partial charge in [0, 0.05) is 11.8 Å². The van der Waals surface area contributed by atoms with Gasteiger partial charge in [0.2, 0.25) is 0 Å². The molecule has 3 unspecified atom stereocenters. The maximum Gasteiger partial charge on any atom is 0.157 e. The van der Waals surface area contributed by atoms with Crippen LogP contribution in [0.25, 0.3) is 0 Å². The van der Waals surface area contributed by atoms with Gasteiger partial charge in [-0.1, -0.05) is 51.8 Å². The Hall–Kier alpha value is -0.180. The van der Waals surface area contributed by atoms with Crippen LogP contribution in [0.4, 0.5) is 0 Å². The maximum absolute atomic E-state index is 4.91. The highest BCUT2D eigenvalue weighted by Crippen LogP contribution is 2.28. The number of hydrogen-bond donors (Lipinski definition) is 1. The Morgan fingerprint density at radius 2 is 2.06 bits per heavy atom. The fourth-order valence-electron chi connectivity index (χ4n) is 3.14. The molecule has 2 nitrogen and oxygen atoms in total. The highest BCUT2D eigenvalue weighted by Gasteiger charge is 2.26. The summed E-state index contributed by atoms with van der Waals surface area (Å²) in [6, 6.07) is 1.22. The molecule has 2 aliphatic rings. The molecule has 0 bridgehead atoms. The molecule has 3 heteroatoms. The topological polar surface area (TPSA) is 24.4 Å². The van der Waals surface area contributed by atoms with Crippen molar-refractivity contribution in [2.24, 2.45) is 16.8 Å². The van der Waals surface area contributed by atoms with E-state index in [1.54, 1.807) is 0 Å². The van der Waals surface area contributed by atoms with Gasteiger partial charge in [-0.15, -0.1) is 0 Å². The number of nitrogens with zero attached hydrogens (tertiary/aromatic N) is 1. The van der Waals surface area contributed by atoms with Gasteiger partial charge in [-0.25, -0.2) is 0 Å². The first-order valence-electron chi connectivity index (χ1n) is 7.67. The maximum atomic E-state index is 4.91. The molecule has 2 rings (SSSR count). The molecular formula is C15H28N2S. The third-order valence-electron chi connectivity index (χ3n) is 4.45. The summed E-state index contributed by atoms with van der Waals surface area (Å²) >= 11 is 1.93. The predicted molar refractivity (Wildman–Crippen MR) is 82.3 cm³/mol. The molecule has 1 fully saturated rings. The van der Waals surface area contributed by atoms with Gasteiger partial charge in [0.15, 0.2) is 5.17 Å². The van der Waals surface area contributed by atoms with Crippen molar-refractivity contribution in [1.82, 2.24) is 5.32 Å². The van der Waals surface area contributed by atoms with Crippen molar-refractivity contribution in [3.63, 3.8) is 0 Å². The molecule has 1 heterocycles. The number of aliphatic imine (C=N–C) groups is 1. The van der Waals surface area contributed by atoms with Gasteiger partial charge in [-0.2, -0.15) is 0 Å². The van der Waals surface area contributed by atoms with Crippen molar-refractivity contribution >= 4 is 16.9 Å². The second kappa shape index (κ2) is 6.83. The number of hydrogen-bond acceptors (Lipinski definition) is 3. The Bertz CT molecular complexity index is 288. The molecule has 0 saturated heterocycles. The first-order valence-corrected chi connectivity index (χ1v) is 8.66. The lowest BCUT2D eigenvalue weighted by molar-refractivity contribution is 0.280. The third-order valence-corrected chi connectivity index (χ3v) is 5.38. The zero-order valence-corrected chi connectivity index (χ0v) is 12.9. The zero-order chi connectivity index (χ0) is 13.0. The second-order valence-electron chi connectivity index (χ2n) is 6.09. The van der Waals surface area contributed by atoms with Gasteiger partial charge in [-0.05, 0) is 31.1 Å². The van der Waals surface area contributed by atoms with Crippen molar-refractivity contribution in [1.29, 1.82) is 0 Å². The summed E-state index contributed by atoms with van der Waals surface area (Å²) in [7, 11) is 0. The van der Waals surface area contributed by atoms with E-state index in [-0.39, 0.29) is 0 Å². The van der Waals surface area contributed by atoms with Crippen LogP contribution in [0.3, 0.4) is 0 Å². The normalized spacial score (nSPS) is 33.3. The molecule has 1 saturated carbocycles. The van der Waals surface area contributed by atoms with Crippen molar-refractivity contribution in [2.75, 3.05) is 5.75 Å². The molecule has 0 aromatic carbocycles. The highest BCUT2D eigenvalue weighted by atomic mass is 32.2. The van der Waals surface area contributed by atoms with Gasteiger partial charge in [0.1, 0.15) is 0 Å². The summed E-state index contributed by atoms with van der Waals surface area (Å²) in [6.07, 6.45) is 8.10. The van der Waals surface area contributed by atoms with E-state index in [4.69, 9.17) is 4.99 Å². The van der Waals surface area contributed by atoms with Crippen LogP contribution in [0.5, 0.6) is 0 Å². The van der Waals surface area contributed by atoms with E-state index in [2.05, 4.69) is 26.1 Å². The lowest BCUT2D eigenvalue weighted by atomic mass is 9.83. The second-order valence-corrected chi connectivity index (χ2v) is 7.17. The van der Waals surface area contributed by atoms with Crippen LogP contribution >= 0.6 is 11.8 Å². The van der Waals surface area contributed by atoms with Crippen molar-refractivity contribution in [3.05, 3.63) is 0 Å². The molecule has 3 atom stereocenters. The minimum Gasteiger partial charge on any atom is -0.362 e. The lowest BCUT2D eigenvalue weighted by Gasteiger charge is -2.34. The third kappa shape index (κ3) is 3.66. The van der Waals surface area contributed by atoms with Crippen molar-refractivity contribution in [2.45, 2.75) is 71.4 Å². The fraction of sp³-hybridized carbons (Fsp3) is 0.933. The molecule has 1 aliphatic carbocycles. The van der Waals surface area contributed by atoms with E-state index in [1.807, 2.05) is 11.8 Å². The van der Waals surface area contributed by atoms with Crippen LogP contribution < -0.4 is 5.32 Å².